The molecule has 0 aliphatic carbocycles. The molecule has 3 heterocycles. The smallest absolute Gasteiger partial charge is 0.308 e. The zero-order chi connectivity index (χ0) is 32.6. The summed E-state index contributed by atoms with van der Waals surface area (Å²) in [6.07, 6.45) is 6.49. The molecule has 0 aromatic carbocycles. The fourth-order valence-electron chi connectivity index (χ4n) is 7.13. The fourth-order valence-corrected chi connectivity index (χ4v) is 7.13. The molecule has 1 unspecified atom stereocenters. The average Bonchev–Trinajstić information content (AvgIpc) is 3.49. The van der Waals surface area contributed by atoms with Gasteiger partial charge in [-0.1, -0.05) is 45.4 Å². The number of hydrogen-bond acceptors (Lipinski definition) is 9. The third-order valence-electron chi connectivity index (χ3n) is 10.00. The van der Waals surface area contributed by atoms with Gasteiger partial charge in [0.05, 0.1) is 24.7 Å². The molecule has 11 atom stereocenters. The van der Waals surface area contributed by atoms with E-state index in [9.17, 15) is 19.8 Å². The van der Waals surface area contributed by atoms with Gasteiger partial charge in [-0.05, 0) is 98.1 Å². The molecule has 0 aromatic rings. The molecule has 252 valence electrons. The van der Waals surface area contributed by atoms with Crippen LogP contribution in [-0.4, -0.2) is 108 Å². The van der Waals surface area contributed by atoms with E-state index in [4.69, 9.17) is 14.2 Å². The zero-order valence-corrected chi connectivity index (χ0v) is 28.5. The minimum atomic E-state index is -1.03. The normalized spacial score (nSPS) is 40.9. The van der Waals surface area contributed by atoms with Crippen molar-refractivity contribution in [2.75, 3.05) is 33.7 Å². The van der Waals surface area contributed by atoms with E-state index in [1.807, 2.05) is 72.7 Å². The number of rotatable bonds is 7. The largest absolute Gasteiger partial charge is 0.462 e. The van der Waals surface area contributed by atoms with Crippen molar-refractivity contribution in [2.45, 2.75) is 129 Å². The summed E-state index contributed by atoms with van der Waals surface area (Å²) >= 11 is 0. The van der Waals surface area contributed by atoms with Gasteiger partial charge in [-0.15, -0.1) is 0 Å². The molecule has 0 radical (unpaired) electrons. The van der Waals surface area contributed by atoms with Crippen molar-refractivity contribution in [2.24, 2.45) is 23.7 Å². The zero-order valence-electron chi connectivity index (χ0n) is 28.5. The lowest BCUT2D eigenvalue weighted by Crippen LogP contribution is -2.56. The van der Waals surface area contributed by atoms with Crippen molar-refractivity contribution in [1.29, 1.82) is 0 Å². The van der Waals surface area contributed by atoms with Gasteiger partial charge in [0.25, 0.3) is 0 Å². The summed E-state index contributed by atoms with van der Waals surface area (Å²) in [5.74, 6) is -1.33. The van der Waals surface area contributed by atoms with Crippen molar-refractivity contribution >= 4 is 11.8 Å². The van der Waals surface area contributed by atoms with E-state index in [0.717, 1.165) is 31.6 Å². The minimum Gasteiger partial charge on any atom is -0.462 e. The fraction of sp³-hybridized carbons (Fsp3) is 0.829. The summed E-state index contributed by atoms with van der Waals surface area (Å²) in [6.45, 7) is 14.7. The van der Waals surface area contributed by atoms with Crippen molar-refractivity contribution in [1.82, 2.24) is 9.80 Å². The molecule has 2 saturated heterocycles. The van der Waals surface area contributed by atoms with Gasteiger partial charge in [-0.3, -0.25) is 9.59 Å². The molecule has 0 amide bonds. The minimum absolute atomic E-state index is 0.0457. The molecule has 0 saturated carbocycles. The number of aliphatic hydroxyl groups excluding tert-OH is 2. The van der Waals surface area contributed by atoms with Crippen molar-refractivity contribution in [3.63, 3.8) is 0 Å². The molecule has 0 spiro atoms. The molecule has 3 aliphatic heterocycles. The molecule has 44 heavy (non-hydrogen) atoms. The van der Waals surface area contributed by atoms with Crippen molar-refractivity contribution in [3.05, 3.63) is 23.8 Å². The first-order chi connectivity index (χ1) is 20.8. The van der Waals surface area contributed by atoms with E-state index in [1.54, 1.807) is 6.08 Å². The van der Waals surface area contributed by atoms with Gasteiger partial charge in [0.15, 0.2) is 12.1 Å². The summed E-state index contributed by atoms with van der Waals surface area (Å²) in [5.41, 5.74) is 0.938. The van der Waals surface area contributed by atoms with E-state index in [-0.39, 0.29) is 48.2 Å². The second kappa shape index (κ2) is 17.3. The Labute approximate surface area is 266 Å². The van der Waals surface area contributed by atoms with Gasteiger partial charge in [0, 0.05) is 23.8 Å². The van der Waals surface area contributed by atoms with Crippen LogP contribution in [0.2, 0.25) is 0 Å². The SMILES string of the molecule is CC[C@H]1OC(=O)CC(O)[C@H](C)[C@@H](O[C@@H]2O[C@H](C)C[C@H](N(C)C)[C@H]2O)[C@@H](CCN2CCCC2)C[C@@H](C)C(=O)/C=C/C(C)=C/[C@@H]1C. The lowest BCUT2D eigenvalue weighted by Gasteiger charge is -2.44. The van der Waals surface area contributed by atoms with Crippen molar-refractivity contribution < 1.29 is 34.0 Å². The summed E-state index contributed by atoms with van der Waals surface area (Å²) < 4.78 is 18.8. The maximum atomic E-state index is 13.4. The number of likely N-dealkylation sites (N-methyl/N-ethyl adjacent to an activating group) is 1. The molecule has 0 aromatic heterocycles. The number of aliphatic hydroxyl groups is 2. The summed E-state index contributed by atoms with van der Waals surface area (Å²) in [5, 5.41) is 22.9. The van der Waals surface area contributed by atoms with E-state index < -0.39 is 36.5 Å². The summed E-state index contributed by atoms with van der Waals surface area (Å²) in [6, 6.07) is -0.150. The predicted molar refractivity (Wildman–Crippen MR) is 172 cm³/mol. The number of ketones is 1. The molecule has 9 nitrogen and oxygen atoms in total. The monoisotopic (exact) mass is 620 g/mol. The Morgan fingerprint density at radius 1 is 1.05 bits per heavy atom. The predicted octanol–water partition coefficient (Wildman–Crippen LogP) is 4.36. The number of ether oxygens (including phenoxy) is 3. The van der Waals surface area contributed by atoms with Gasteiger partial charge in [-0.2, -0.15) is 0 Å². The van der Waals surface area contributed by atoms with Crippen LogP contribution < -0.4 is 0 Å². The second-order valence-electron chi connectivity index (χ2n) is 14.0. The summed E-state index contributed by atoms with van der Waals surface area (Å²) in [4.78, 5) is 31.0. The van der Waals surface area contributed by atoms with Crippen LogP contribution in [0.15, 0.2) is 23.8 Å². The van der Waals surface area contributed by atoms with Gasteiger partial charge < -0.3 is 34.2 Å². The highest BCUT2D eigenvalue weighted by molar-refractivity contribution is 5.91. The van der Waals surface area contributed by atoms with Gasteiger partial charge >= 0.3 is 5.97 Å². The van der Waals surface area contributed by atoms with Crippen LogP contribution in [0.3, 0.4) is 0 Å². The van der Waals surface area contributed by atoms with Crippen LogP contribution in [0.5, 0.6) is 0 Å². The number of allylic oxidation sites excluding steroid dienone is 3. The van der Waals surface area contributed by atoms with E-state index >= 15 is 0 Å². The number of carbonyl (C=O) groups excluding carboxylic acids is 2. The second-order valence-corrected chi connectivity index (χ2v) is 14.0. The molecule has 9 heteroatoms. The number of esters is 1. The number of hydrogen-bond donors (Lipinski definition) is 2. The van der Waals surface area contributed by atoms with Gasteiger partial charge in [0.2, 0.25) is 0 Å². The standard InChI is InChI=1S/C35H60N2O7/c1-9-31-24(4)18-22(2)12-13-29(38)23(3)19-27(14-17-37-15-10-11-16-37)34(26(6)30(39)21-32(40)43-31)44-35-33(41)28(36(7)8)20-25(5)42-35/h12-13,18,23-28,30-31,33-35,39,41H,9-11,14-17,19-21H2,1-8H3/b13-12+,22-18+/t23-,24+,25-,26+,27+,28+,30?,31-,33-,34-,35+/m1/s1. The molecule has 3 aliphatic rings. The first-order valence-electron chi connectivity index (χ1n) is 17.0. The van der Waals surface area contributed by atoms with Crippen LogP contribution in [0.25, 0.3) is 0 Å². The van der Waals surface area contributed by atoms with Crippen LogP contribution in [-0.2, 0) is 23.8 Å². The maximum absolute atomic E-state index is 13.4. The third kappa shape index (κ3) is 10.5. The molecule has 0 bridgehead atoms. The topological polar surface area (TPSA) is 109 Å². The van der Waals surface area contributed by atoms with E-state index in [1.165, 1.54) is 12.8 Å². The highest BCUT2D eigenvalue weighted by atomic mass is 16.7. The first kappa shape index (κ1) is 36.8. The van der Waals surface area contributed by atoms with Crippen LogP contribution in [0.1, 0.15) is 86.5 Å². The van der Waals surface area contributed by atoms with E-state index in [0.29, 0.717) is 19.3 Å². The summed E-state index contributed by atoms with van der Waals surface area (Å²) in [7, 11) is 3.88. The van der Waals surface area contributed by atoms with Crippen LogP contribution >= 0.6 is 0 Å². The third-order valence-corrected chi connectivity index (χ3v) is 10.00. The maximum Gasteiger partial charge on any atom is 0.308 e. The van der Waals surface area contributed by atoms with Crippen LogP contribution in [0.4, 0.5) is 0 Å². The Morgan fingerprint density at radius 2 is 1.73 bits per heavy atom. The Kier molecular flexibility index (Phi) is 14.5. The Morgan fingerprint density at radius 3 is 2.36 bits per heavy atom. The van der Waals surface area contributed by atoms with E-state index in [2.05, 4.69) is 4.90 Å². The molecule has 2 N–H and O–H groups in total. The average molecular weight is 621 g/mol. The highest BCUT2D eigenvalue weighted by Crippen LogP contribution is 2.35. The van der Waals surface area contributed by atoms with Crippen LogP contribution in [0, 0.1) is 23.7 Å². The highest BCUT2D eigenvalue weighted by Gasteiger charge is 2.43. The Balaban J connectivity index is 1.99. The lowest BCUT2D eigenvalue weighted by atomic mass is 9.79. The number of likely N-dealkylation sites (tertiary alicyclic amines) is 1. The number of nitrogens with zero attached hydrogens (tertiary/aromatic N) is 2. The Bertz CT molecular complexity index is 978. The quantitative estimate of drug-likeness (QED) is 0.402. The first-order valence-corrected chi connectivity index (χ1v) is 17.0. The van der Waals surface area contributed by atoms with Crippen molar-refractivity contribution in [3.8, 4) is 0 Å². The van der Waals surface area contributed by atoms with Gasteiger partial charge in [0.1, 0.15) is 12.2 Å². The Hall–Kier alpha value is -1.62. The number of cyclic esters (lactones) is 1. The van der Waals surface area contributed by atoms with Gasteiger partial charge in [-0.25, -0.2) is 0 Å². The molecular formula is C35H60N2O7. The molecule has 3 rings (SSSR count). The lowest BCUT2D eigenvalue weighted by molar-refractivity contribution is -0.283. The molecule has 2 fully saturated rings. The number of carbonyl (C=O) groups is 2. The molecular weight excluding hydrogens is 560 g/mol.